The van der Waals surface area contributed by atoms with Gasteiger partial charge in [0.05, 0.1) is 17.5 Å². The number of amidine groups is 1. The zero-order valence-electron chi connectivity index (χ0n) is 7.56. The summed E-state index contributed by atoms with van der Waals surface area (Å²) in [5.41, 5.74) is 0. The first-order chi connectivity index (χ1) is 6.41. The van der Waals surface area contributed by atoms with Gasteiger partial charge in [-0.3, -0.25) is 15.1 Å². The number of carbonyl (C=O) groups is 1. The molecule has 0 bridgehead atoms. The van der Waals surface area contributed by atoms with Crippen LogP contribution in [0.5, 0.6) is 0 Å². The molecule has 1 amide bonds. The molecule has 7 heteroatoms. The molecule has 0 aromatic rings. The van der Waals surface area contributed by atoms with Crippen LogP contribution in [0.4, 0.5) is 0 Å². The summed E-state index contributed by atoms with van der Waals surface area (Å²) < 4.78 is 22.6. The molecule has 2 heterocycles. The number of hydrogen-bond donors (Lipinski definition) is 1. The van der Waals surface area contributed by atoms with Crippen LogP contribution in [0.3, 0.4) is 0 Å². The van der Waals surface area contributed by atoms with E-state index in [1.54, 1.807) is 0 Å². The molecule has 0 radical (unpaired) electrons. The molecule has 2 aliphatic rings. The second-order valence-electron chi connectivity index (χ2n) is 3.49. The molecule has 0 aromatic carbocycles. The Morgan fingerprint density at radius 1 is 1.57 bits per heavy atom. The summed E-state index contributed by atoms with van der Waals surface area (Å²) in [4.78, 5) is 12.5. The number of hydrogen-bond acceptors (Lipinski definition) is 5. The smallest absolute Gasteiger partial charge is 0.225 e. The van der Waals surface area contributed by atoms with Gasteiger partial charge in [0, 0.05) is 12.2 Å². The average Bonchev–Trinajstić information content (AvgIpc) is 2.37. The fraction of sp³-hybridized carbons (Fsp3) is 0.714. The van der Waals surface area contributed by atoms with Crippen LogP contribution in [0.25, 0.3) is 0 Å². The van der Waals surface area contributed by atoms with Gasteiger partial charge in [-0.25, -0.2) is 8.42 Å². The lowest BCUT2D eigenvalue weighted by atomic mass is 10.2. The van der Waals surface area contributed by atoms with E-state index in [-0.39, 0.29) is 33.9 Å². The highest BCUT2D eigenvalue weighted by atomic mass is 32.2. The van der Waals surface area contributed by atoms with E-state index in [9.17, 15) is 13.2 Å². The Bertz CT molecular complexity index is 403. The molecule has 2 fully saturated rings. The monoisotopic (exact) mass is 234 g/mol. The van der Waals surface area contributed by atoms with E-state index in [0.717, 1.165) is 0 Å². The maximum atomic E-state index is 11.3. The van der Waals surface area contributed by atoms with Gasteiger partial charge < -0.3 is 0 Å². The van der Waals surface area contributed by atoms with Gasteiger partial charge in [0.2, 0.25) is 5.91 Å². The first-order valence-corrected chi connectivity index (χ1v) is 6.86. The first-order valence-electron chi connectivity index (χ1n) is 4.16. The van der Waals surface area contributed by atoms with Crippen molar-refractivity contribution in [2.75, 3.05) is 11.5 Å². The van der Waals surface area contributed by atoms with Crippen molar-refractivity contribution in [2.24, 2.45) is 0 Å². The Kier molecular flexibility index (Phi) is 2.11. The van der Waals surface area contributed by atoms with E-state index in [1.807, 2.05) is 0 Å². The van der Waals surface area contributed by atoms with E-state index in [2.05, 4.69) is 0 Å². The SMILES string of the molecule is CC(=O)N1C(=N)S[C@H]2CS(=O)(=O)C[C@@H]21. The fourth-order valence-electron chi connectivity index (χ4n) is 1.88. The molecule has 1 N–H and O–H groups in total. The highest BCUT2D eigenvalue weighted by Gasteiger charge is 2.49. The van der Waals surface area contributed by atoms with Crippen molar-refractivity contribution in [3.05, 3.63) is 0 Å². The summed E-state index contributed by atoms with van der Waals surface area (Å²) in [6, 6.07) is -0.310. The number of sulfone groups is 1. The van der Waals surface area contributed by atoms with Crippen molar-refractivity contribution in [2.45, 2.75) is 18.2 Å². The zero-order chi connectivity index (χ0) is 10.5. The number of nitrogens with zero attached hydrogens (tertiary/aromatic N) is 1. The molecule has 0 aliphatic carbocycles. The van der Waals surface area contributed by atoms with Crippen molar-refractivity contribution >= 4 is 32.7 Å². The number of amides is 1. The molecular weight excluding hydrogens is 224 g/mol. The Morgan fingerprint density at radius 3 is 2.79 bits per heavy atom. The molecule has 0 aromatic heterocycles. The number of fused-ring (bicyclic) bond motifs is 1. The molecule has 0 saturated carbocycles. The van der Waals surface area contributed by atoms with Crippen LogP contribution in [-0.4, -0.2) is 47.2 Å². The van der Waals surface area contributed by atoms with Crippen molar-refractivity contribution in [3.8, 4) is 0 Å². The molecular formula is C7H10N2O3S2. The van der Waals surface area contributed by atoms with Crippen LogP contribution in [0.15, 0.2) is 0 Å². The van der Waals surface area contributed by atoms with Crippen LogP contribution in [0.2, 0.25) is 0 Å². The van der Waals surface area contributed by atoms with E-state index >= 15 is 0 Å². The van der Waals surface area contributed by atoms with Gasteiger partial charge in [-0.15, -0.1) is 0 Å². The molecule has 5 nitrogen and oxygen atoms in total. The molecule has 2 saturated heterocycles. The van der Waals surface area contributed by atoms with Gasteiger partial charge >= 0.3 is 0 Å². The lowest BCUT2D eigenvalue weighted by Crippen LogP contribution is -2.40. The van der Waals surface area contributed by atoms with E-state index in [0.29, 0.717) is 0 Å². The topological polar surface area (TPSA) is 78.3 Å². The third-order valence-electron chi connectivity index (χ3n) is 2.42. The molecule has 0 spiro atoms. The number of thioether (sulfide) groups is 1. The van der Waals surface area contributed by atoms with Crippen molar-refractivity contribution in [3.63, 3.8) is 0 Å². The lowest BCUT2D eigenvalue weighted by Gasteiger charge is -2.19. The van der Waals surface area contributed by atoms with Crippen molar-refractivity contribution < 1.29 is 13.2 Å². The zero-order valence-corrected chi connectivity index (χ0v) is 9.19. The van der Waals surface area contributed by atoms with Crippen LogP contribution in [-0.2, 0) is 14.6 Å². The normalized spacial score (nSPS) is 34.6. The molecule has 0 unspecified atom stereocenters. The van der Waals surface area contributed by atoms with Gasteiger partial charge in [0.25, 0.3) is 0 Å². The third kappa shape index (κ3) is 1.44. The van der Waals surface area contributed by atoms with Crippen molar-refractivity contribution in [1.82, 2.24) is 4.90 Å². The Balaban J connectivity index is 2.30. The highest BCUT2D eigenvalue weighted by molar-refractivity contribution is 8.15. The Labute approximate surface area is 86.3 Å². The summed E-state index contributed by atoms with van der Waals surface area (Å²) in [6.07, 6.45) is 0. The summed E-state index contributed by atoms with van der Waals surface area (Å²) in [5, 5.41) is 7.59. The van der Waals surface area contributed by atoms with Gasteiger partial charge in [0.1, 0.15) is 0 Å². The van der Waals surface area contributed by atoms with Crippen molar-refractivity contribution in [1.29, 1.82) is 5.41 Å². The quantitative estimate of drug-likeness (QED) is 0.623. The largest absolute Gasteiger partial charge is 0.287 e. The summed E-state index contributed by atoms with van der Waals surface area (Å²) in [7, 11) is -3.01. The van der Waals surface area contributed by atoms with Gasteiger partial charge in [-0.05, 0) is 0 Å². The number of carbonyl (C=O) groups excluding carboxylic acids is 1. The average molecular weight is 234 g/mol. The van der Waals surface area contributed by atoms with E-state index in [4.69, 9.17) is 5.41 Å². The molecule has 14 heavy (non-hydrogen) atoms. The van der Waals surface area contributed by atoms with Crippen LogP contribution >= 0.6 is 11.8 Å². The summed E-state index contributed by atoms with van der Waals surface area (Å²) in [6.45, 7) is 1.36. The second kappa shape index (κ2) is 2.96. The van der Waals surface area contributed by atoms with Gasteiger partial charge in [0.15, 0.2) is 15.0 Å². The maximum absolute atomic E-state index is 11.3. The number of rotatable bonds is 0. The second-order valence-corrected chi connectivity index (χ2v) is 6.88. The molecule has 2 rings (SSSR count). The fourth-order valence-corrected chi connectivity index (χ4v) is 5.69. The molecule has 2 aliphatic heterocycles. The lowest BCUT2D eigenvalue weighted by molar-refractivity contribution is -0.125. The van der Waals surface area contributed by atoms with Crippen LogP contribution in [0.1, 0.15) is 6.92 Å². The summed E-state index contributed by atoms with van der Waals surface area (Å²) in [5.74, 6) is -0.145. The summed E-state index contributed by atoms with van der Waals surface area (Å²) >= 11 is 1.18. The van der Waals surface area contributed by atoms with Gasteiger partial charge in [-0.2, -0.15) is 0 Å². The van der Waals surface area contributed by atoms with Crippen LogP contribution in [0, 0.1) is 5.41 Å². The highest BCUT2D eigenvalue weighted by Crippen LogP contribution is 2.37. The minimum Gasteiger partial charge on any atom is -0.287 e. The predicted molar refractivity (Wildman–Crippen MR) is 54.1 cm³/mol. The first kappa shape index (κ1) is 9.97. The van der Waals surface area contributed by atoms with Gasteiger partial charge in [-0.1, -0.05) is 11.8 Å². The Morgan fingerprint density at radius 2 is 2.21 bits per heavy atom. The Hall–Kier alpha value is -0.560. The van der Waals surface area contributed by atoms with E-state index < -0.39 is 9.84 Å². The van der Waals surface area contributed by atoms with Crippen LogP contribution < -0.4 is 0 Å². The molecule has 2 atom stereocenters. The number of nitrogens with one attached hydrogen (secondary N) is 1. The third-order valence-corrected chi connectivity index (χ3v) is 5.56. The predicted octanol–water partition coefficient (Wildman–Crippen LogP) is -0.318. The minimum absolute atomic E-state index is 0.00657. The minimum atomic E-state index is -3.01. The maximum Gasteiger partial charge on any atom is 0.225 e. The van der Waals surface area contributed by atoms with E-state index in [1.165, 1.54) is 23.6 Å². The molecule has 78 valence electrons. The standard InChI is InChI=1S/C7H10N2O3S2/c1-4(10)9-5-2-14(11,12)3-6(5)13-7(9)8/h5-6,8H,2-3H2,1H3/t5-,6-/m0/s1.